The van der Waals surface area contributed by atoms with Gasteiger partial charge in [-0.2, -0.15) is 0 Å². The Morgan fingerprint density at radius 1 is 1.17 bits per heavy atom. The van der Waals surface area contributed by atoms with Crippen molar-refractivity contribution in [2.45, 2.75) is 6.92 Å². The summed E-state index contributed by atoms with van der Waals surface area (Å²) < 4.78 is 3.32. The molecule has 0 radical (unpaired) electrons. The van der Waals surface area contributed by atoms with Crippen LogP contribution in [0.3, 0.4) is 0 Å². The van der Waals surface area contributed by atoms with Crippen LogP contribution in [0.15, 0.2) is 58.3 Å². The zero-order chi connectivity index (χ0) is 17.3. The van der Waals surface area contributed by atoms with Crippen molar-refractivity contribution in [3.8, 4) is 11.4 Å². The van der Waals surface area contributed by atoms with Crippen LogP contribution < -0.4 is 5.56 Å². The Bertz CT molecular complexity index is 972. The molecular formula is C18H16ClN3O2. The van der Waals surface area contributed by atoms with Crippen molar-refractivity contribution in [3.63, 3.8) is 0 Å². The SMILES string of the molecule is Cc1c(N=Cc2ccc(Cl)cc2O)c(=O)n(-c2ccccc2)n1C. The normalized spacial score (nSPS) is 11.3. The first kappa shape index (κ1) is 16.1. The molecule has 5 nitrogen and oxygen atoms in total. The Morgan fingerprint density at radius 2 is 1.88 bits per heavy atom. The van der Waals surface area contributed by atoms with E-state index >= 15 is 0 Å². The number of aromatic hydroxyl groups is 1. The first-order chi connectivity index (χ1) is 11.5. The van der Waals surface area contributed by atoms with Crippen molar-refractivity contribution >= 4 is 23.5 Å². The van der Waals surface area contributed by atoms with Crippen molar-refractivity contribution < 1.29 is 5.11 Å². The lowest BCUT2D eigenvalue weighted by molar-refractivity contribution is 0.474. The van der Waals surface area contributed by atoms with Gasteiger partial charge in [-0.15, -0.1) is 0 Å². The van der Waals surface area contributed by atoms with Gasteiger partial charge in [0.2, 0.25) is 0 Å². The van der Waals surface area contributed by atoms with E-state index < -0.39 is 0 Å². The molecule has 0 bridgehead atoms. The summed E-state index contributed by atoms with van der Waals surface area (Å²) >= 11 is 5.82. The van der Waals surface area contributed by atoms with Gasteiger partial charge in [-0.25, -0.2) is 9.67 Å². The van der Waals surface area contributed by atoms with E-state index in [0.29, 0.717) is 16.3 Å². The number of aliphatic imine (C=N–C) groups is 1. The maximum absolute atomic E-state index is 12.7. The van der Waals surface area contributed by atoms with Crippen LogP contribution in [0.4, 0.5) is 5.69 Å². The zero-order valence-corrected chi connectivity index (χ0v) is 14.0. The van der Waals surface area contributed by atoms with Crippen LogP contribution in [-0.4, -0.2) is 20.7 Å². The number of hydrogen-bond acceptors (Lipinski definition) is 3. The van der Waals surface area contributed by atoms with E-state index in [1.54, 1.807) is 21.5 Å². The molecule has 0 saturated carbocycles. The molecule has 3 aromatic rings. The third-order valence-corrected chi connectivity index (χ3v) is 4.08. The molecule has 0 fully saturated rings. The van der Waals surface area contributed by atoms with Gasteiger partial charge in [0.15, 0.2) is 5.69 Å². The fourth-order valence-electron chi connectivity index (χ4n) is 2.46. The molecule has 1 N–H and O–H groups in total. The molecule has 24 heavy (non-hydrogen) atoms. The highest BCUT2D eigenvalue weighted by Gasteiger charge is 2.15. The third kappa shape index (κ3) is 2.86. The van der Waals surface area contributed by atoms with Gasteiger partial charge in [-0.3, -0.25) is 9.48 Å². The first-order valence-electron chi connectivity index (χ1n) is 7.35. The van der Waals surface area contributed by atoms with Gasteiger partial charge >= 0.3 is 0 Å². The molecule has 3 rings (SSSR count). The predicted octanol–water partition coefficient (Wildman–Crippen LogP) is 3.59. The van der Waals surface area contributed by atoms with E-state index in [-0.39, 0.29) is 11.3 Å². The van der Waals surface area contributed by atoms with E-state index in [1.165, 1.54) is 12.3 Å². The molecule has 0 aliphatic carbocycles. The van der Waals surface area contributed by atoms with Crippen LogP contribution in [0.2, 0.25) is 5.02 Å². The molecule has 0 spiro atoms. The van der Waals surface area contributed by atoms with E-state index in [2.05, 4.69) is 4.99 Å². The minimum absolute atomic E-state index is 0.0169. The summed E-state index contributed by atoms with van der Waals surface area (Å²) in [4.78, 5) is 17.0. The highest BCUT2D eigenvalue weighted by atomic mass is 35.5. The average Bonchev–Trinajstić information content (AvgIpc) is 2.78. The maximum atomic E-state index is 12.7. The molecule has 6 heteroatoms. The lowest BCUT2D eigenvalue weighted by Gasteiger charge is -2.07. The number of benzene rings is 2. The van der Waals surface area contributed by atoms with Crippen LogP contribution in [-0.2, 0) is 7.05 Å². The highest BCUT2D eigenvalue weighted by molar-refractivity contribution is 6.30. The van der Waals surface area contributed by atoms with Crippen LogP contribution in [0, 0.1) is 6.92 Å². The quantitative estimate of drug-likeness (QED) is 0.740. The van der Waals surface area contributed by atoms with Crippen molar-refractivity contribution in [1.82, 2.24) is 9.36 Å². The lowest BCUT2D eigenvalue weighted by atomic mass is 10.2. The number of nitrogens with zero attached hydrogens (tertiary/aromatic N) is 3. The Labute approximate surface area is 144 Å². The largest absolute Gasteiger partial charge is 0.507 e. The first-order valence-corrected chi connectivity index (χ1v) is 7.73. The third-order valence-electron chi connectivity index (χ3n) is 3.85. The van der Waals surface area contributed by atoms with Gasteiger partial charge in [-0.05, 0) is 37.3 Å². The second-order valence-electron chi connectivity index (χ2n) is 5.37. The molecular weight excluding hydrogens is 326 g/mol. The number of phenols is 1. The summed E-state index contributed by atoms with van der Waals surface area (Å²) in [7, 11) is 1.81. The van der Waals surface area contributed by atoms with Gasteiger partial charge in [0.05, 0.1) is 11.4 Å². The molecule has 1 heterocycles. The van der Waals surface area contributed by atoms with Gasteiger partial charge in [-0.1, -0.05) is 29.8 Å². The summed E-state index contributed by atoms with van der Waals surface area (Å²) in [5.41, 5.74) is 2.10. The summed E-state index contributed by atoms with van der Waals surface area (Å²) in [6, 6.07) is 14.1. The second-order valence-corrected chi connectivity index (χ2v) is 5.81. The number of hydrogen-bond donors (Lipinski definition) is 1. The Kier molecular flexibility index (Phi) is 4.27. The van der Waals surface area contributed by atoms with Crippen LogP contribution in [0.5, 0.6) is 5.75 Å². The van der Waals surface area contributed by atoms with Gasteiger partial charge < -0.3 is 5.11 Å². The smallest absolute Gasteiger partial charge is 0.297 e. The van der Waals surface area contributed by atoms with E-state index in [0.717, 1.165) is 11.4 Å². The summed E-state index contributed by atoms with van der Waals surface area (Å²) in [5.74, 6) is 0.0169. The number of aromatic nitrogens is 2. The standard InChI is InChI=1S/C18H16ClN3O2/c1-12-17(20-11-13-8-9-14(19)10-16(13)23)18(24)22(21(12)2)15-6-4-3-5-7-15/h3-11,23H,1-2H3. The van der Waals surface area contributed by atoms with Crippen molar-refractivity contribution in [1.29, 1.82) is 0 Å². The molecule has 0 amide bonds. The molecule has 0 aliphatic heterocycles. The molecule has 122 valence electrons. The van der Waals surface area contributed by atoms with E-state index in [1.807, 2.05) is 44.3 Å². The van der Waals surface area contributed by atoms with Crippen molar-refractivity contribution in [2.75, 3.05) is 0 Å². The zero-order valence-electron chi connectivity index (χ0n) is 13.3. The monoisotopic (exact) mass is 341 g/mol. The predicted molar refractivity (Wildman–Crippen MR) is 96.1 cm³/mol. The molecule has 0 atom stereocenters. The van der Waals surface area contributed by atoms with Gasteiger partial charge in [0, 0.05) is 23.8 Å². The minimum atomic E-state index is -0.217. The summed E-state index contributed by atoms with van der Waals surface area (Å²) in [5, 5.41) is 10.3. The van der Waals surface area contributed by atoms with E-state index in [9.17, 15) is 9.90 Å². The summed E-state index contributed by atoms with van der Waals surface area (Å²) in [6.07, 6.45) is 1.46. The molecule has 1 aromatic heterocycles. The maximum Gasteiger partial charge on any atom is 0.297 e. The number of para-hydroxylation sites is 1. The number of rotatable bonds is 3. The second kappa shape index (κ2) is 6.37. The molecule has 0 saturated heterocycles. The van der Waals surface area contributed by atoms with Gasteiger partial charge in [0.25, 0.3) is 5.56 Å². The molecule has 2 aromatic carbocycles. The topological polar surface area (TPSA) is 59.5 Å². The Hall–Kier alpha value is -2.79. The fourth-order valence-corrected chi connectivity index (χ4v) is 2.63. The Morgan fingerprint density at radius 3 is 2.54 bits per heavy atom. The fraction of sp³-hybridized carbons (Fsp3) is 0.111. The van der Waals surface area contributed by atoms with Crippen LogP contribution >= 0.6 is 11.6 Å². The van der Waals surface area contributed by atoms with E-state index in [4.69, 9.17) is 11.6 Å². The Balaban J connectivity index is 2.07. The summed E-state index contributed by atoms with van der Waals surface area (Å²) in [6.45, 7) is 1.83. The van der Waals surface area contributed by atoms with Crippen LogP contribution in [0.1, 0.15) is 11.3 Å². The highest BCUT2D eigenvalue weighted by Crippen LogP contribution is 2.22. The molecule has 0 aliphatic rings. The van der Waals surface area contributed by atoms with Gasteiger partial charge in [0.1, 0.15) is 5.75 Å². The van der Waals surface area contributed by atoms with Crippen molar-refractivity contribution in [3.05, 3.63) is 75.2 Å². The minimum Gasteiger partial charge on any atom is -0.507 e. The van der Waals surface area contributed by atoms with Crippen LogP contribution in [0.25, 0.3) is 5.69 Å². The molecule has 0 unspecified atom stereocenters. The number of phenolic OH excluding ortho intramolecular Hbond substituents is 1. The van der Waals surface area contributed by atoms with Crippen molar-refractivity contribution in [2.24, 2.45) is 12.0 Å². The number of halogens is 1. The lowest BCUT2D eigenvalue weighted by Crippen LogP contribution is -2.19. The average molecular weight is 342 g/mol.